The van der Waals surface area contributed by atoms with Gasteiger partial charge in [-0.25, -0.2) is 4.39 Å². The standard InChI is InChI=1S/C24H25FN2O2/c1-13(2)24(4)22(28)20(23(29)27-24)19(15-8-6-5-7-9-15)21-14(3)17-12-16(25)10-11-18(17)26-21/h5-13,19,26,28H,1-4H3,(H,27,29). The first-order valence-electron chi connectivity index (χ1n) is 9.82. The van der Waals surface area contributed by atoms with E-state index >= 15 is 0 Å². The van der Waals surface area contributed by atoms with Crippen molar-refractivity contribution in [2.75, 3.05) is 0 Å². The first-order valence-corrected chi connectivity index (χ1v) is 9.82. The third-order valence-electron chi connectivity index (χ3n) is 6.29. The summed E-state index contributed by atoms with van der Waals surface area (Å²) in [4.78, 5) is 16.4. The first-order chi connectivity index (χ1) is 13.7. The summed E-state index contributed by atoms with van der Waals surface area (Å²) in [5.74, 6) is -1.01. The fourth-order valence-electron chi connectivity index (χ4n) is 4.17. The highest BCUT2D eigenvalue weighted by molar-refractivity contribution is 6.00. The number of carbonyl (C=O) groups is 1. The van der Waals surface area contributed by atoms with Crippen LogP contribution in [0.4, 0.5) is 4.39 Å². The molecule has 0 saturated carbocycles. The molecule has 150 valence electrons. The molecule has 0 saturated heterocycles. The molecule has 4 nitrogen and oxygen atoms in total. The molecule has 0 spiro atoms. The van der Waals surface area contributed by atoms with E-state index in [-0.39, 0.29) is 23.4 Å². The second-order valence-corrected chi connectivity index (χ2v) is 8.27. The molecule has 0 fully saturated rings. The molecule has 2 heterocycles. The van der Waals surface area contributed by atoms with Crippen molar-refractivity contribution in [3.8, 4) is 0 Å². The predicted molar refractivity (Wildman–Crippen MR) is 112 cm³/mol. The Bertz CT molecular complexity index is 1130. The number of carbonyl (C=O) groups excluding carboxylic acids is 1. The summed E-state index contributed by atoms with van der Waals surface area (Å²) in [5, 5.41) is 14.9. The van der Waals surface area contributed by atoms with Gasteiger partial charge >= 0.3 is 0 Å². The quantitative estimate of drug-likeness (QED) is 0.578. The van der Waals surface area contributed by atoms with Crippen molar-refractivity contribution in [3.05, 3.63) is 82.5 Å². The van der Waals surface area contributed by atoms with E-state index in [1.807, 2.05) is 58.0 Å². The monoisotopic (exact) mass is 392 g/mol. The van der Waals surface area contributed by atoms with Crippen LogP contribution >= 0.6 is 0 Å². The Morgan fingerprint density at radius 3 is 2.41 bits per heavy atom. The van der Waals surface area contributed by atoms with E-state index in [4.69, 9.17) is 0 Å². The number of H-pyrrole nitrogens is 1. The van der Waals surface area contributed by atoms with E-state index in [1.54, 1.807) is 6.07 Å². The van der Waals surface area contributed by atoms with Gasteiger partial charge in [-0.1, -0.05) is 44.2 Å². The Morgan fingerprint density at radius 1 is 1.10 bits per heavy atom. The number of aromatic amines is 1. The molecule has 2 unspecified atom stereocenters. The molecular formula is C24H25FN2O2. The summed E-state index contributed by atoms with van der Waals surface area (Å²) in [5.41, 5.74) is 2.83. The number of nitrogens with one attached hydrogen (secondary N) is 2. The molecule has 0 bridgehead atoms. The van der Waals surface area contributed by atoms with Crippen molar-refractivity contribution >= 4 is 16.8 Å². The van der Waals surface area contributed by atoms with Gasteiger partial charge < -0.3 is 15.4 Å². The number of aryl methyl sites for hydroxylation is 1. The van der Waals surface area contributed by atoms with Gasteiger partial charge in [0.15, 0.2) is 0 Å². The van der Waals surface area contributed by atoms with Crippen molar-refractivity contribution in [2.45, 2.75) is 39.2 Å². The highest BCUT2D eigenvalue weighted by atomic mass is 19.1. The highest BCUT2D eigenvalue weighted by Crippen LogP contribution is 2.43. The Balaban J connectivity index is 2.00. The number of benzene rings is 2. The number of fused-ring (bicyclic) bond motifs is 1. The zero-order valence-electron chi connectivity index (χ0n) is 17.0. The van der Waals surface area contributed by atoms with E-state index in [1.165, 1.54) is 12.1 Å². The molecule has 1 aliphatic heterocycles. The Hall–Kier alpha value is -3.08. The lowest BCUT2D eigenvalue weighted by molar-refractivity contribution is -0.118. The fraction of sp³-hybridized carbons (Fsp3) is 0.292. The normalized spacial score (nSPS) is 20.6. The summed E-state index contributed by atoms with van der Waals surface area (Å²) < 4.78 is 13.8. The van der Waals surface area contributed by atoms with Crippen LogP contribution in [-0.4, -0.2) is 21.5 Å². The van der Waals surface area contributed by atoms with Gasteiger partial charge in [0, 0.05) is 16.6 Å². The summed E-state index contributed by atoms with van der Waals surface area (Å²) in [6, 6.07) is 14.2. The number of aliphatic hydroxyl groups excluding tert-OH is 1. The summed E-state index contributed by atoms with van der Waals surface area (Å²) in [6.07, 6.45) is 0. The van der Waals surface area contributed by atoms with Crippen molar-refractivity contribution in [3.63, 3.8) is 0 Å². The highest BCUT2D eigenvalue weighted by Gasteiger charge is 2.47. The smallest absolute Gasteiger partial charge is 0.252 e. The minimum atomic E-state index is -0.828. The van der Waals surface area contributed by atoms with E-state index in [9.17, 15) is 14.3 Å². The molecule has 3 aromatic rings. The topological polar surface area (TPSA) is 65.1 Å². The minimum Gasteiger partial charge on any atom is -0.509 e. The molecule has 1 aliphatic rings. The molecule has 5 heteroatoms. The Labute approximate surface area is 169 Å². The van der Waals surface area contributed by atoms with E-state index in [0.29, 0.717) is 5.57 Å². The van der Waals surface area contributed by atoms with Crippen LogP contribution in [0.2, 0.25) is 0 Å². The second-order valence-electron chi connectivity index (χ2n) is 8.27. The van der Waals surface area contributed by atoms with Gasteiger partial charge in [0.25, 0.3) is 5.91 Å². The number of halogens is 1. The summed E-state index contributed by atoms with van der Waals surface area (Å²) in [6.45, 7) is 7.69. The molecular weight excluding hydrogens is 367 g/mol. The van der Waals surface area contributed by atoms with Crippen LogP contribution in [0.25, 0.3) is 10.9 Å². The van der Waals surface area contributed by atoms with Crippen molar-refractivity contribution in [2.24, 2.45) is 5.92 Å². The lowest BCUT2D eigenvalue weighted by Crippen LogP contribution is -2.46. The third-order valence-corrected chi connectivity index (χ3v) is 6.29. The van der Waals surface area contributed by atoms with Gasteiger partial charge in [-0.2, -0.15) is 0 Å². The van der Waals surface area contributed by atoms with Crippen LogP contribution in [0, 0.1) is 18.7 Å². The summed E-state index contributed by atoms with van der Waals surface area (Å²) >= 11 is 0. The van der Waals surface area contributed by atoms with Gasteiger partial charge in [-0.05, 0) is 49.1 Å². The molecule has 2 atom stereocenters. The van der Waals surface area contributed by atoms with Gasteiger partial charge in [0.1, 0.15) is 11.6 Å². The van der Waals surface area contributed by atoms with Crippen LogP contribution in [0.1, 0.15) is 43.5 Å². The maximum absolute atomic E-state index is 13.8. The van der Waals surface area contributed by atoms with Crippen molar-refractivity contribution < 1.29 is 14.3 Å². The van der Waals surface area contributed by atoms with Crippen LogP contribution in [-0.2, 0) is 4.79 Å². The largest absolute Gasteiger partial charge is 0.509 e. The molecule has 4 rings (SSSR count). The second kappa shape index (κ2) is 6.76. The zero-order valence-corrected chi connectivity index (χ0v) is 17.0. The zero-order chi connectivity index (χ0) is 20.9. The lowest BCUT2D eigenvalue weighted by atomic mass is 9.82. The maximum Gasteiger partial charge on any atom is 0.252 e. The molecule has 1 amide bonds. The predicted octanol–water partition coefficient (Wildman–Crippen LogP) is 5.10. The van der Waals surface area contributed by atoms with E-state index in [2.05, 4.69) is 10.3 Å². The van der Waals surface area contributed by atoms with Crippen molar-refractivity contribution in [1.82, 2.24) is 10.3 Å². The number of aliphatic hydroxyl groups is 1. The van der Waals surface area contributed by atoms with Gasteiger partial charge in [-0.15, -0.1) is 0 Å². The van der Waals surface area contributed by atoms with Crippen LogP contribution in [0.5, 0.6) is 0 Å². The van der Waals surface area contributed by atoms with Gasteiger partial charge in [0.2, 0.25) is 0 Å². The number of amides is 1. The number of aromatic nitrogens is 1. The molecule has 29 heavy (non-hydrogen) atoms. The van der Waals surface area contributed by atoms with Gasteiger partial charge in [0.05, 0.1) is 17.0 Å². The van der Waals surface area contributed by atoms with E-state index in [0.717, 1.165) is 27.7 Å². The Kier molecular flexibility index (Phi) is 4.49. The van der Waals surface area contributed by atoms with Gasteiger partial charge in [-0.3, -0.25) is 4.79 Å². The average molecular weight is 392 g/mol. The number of rotatable bonds is 4. The molecule has 1 aromatic heterocycles. The SMILES string of the molecule is Cc1c(C(C2=C(O)C(C)(C(C)C)NC2=O)c2ccccc2)[nH]c2ccc(F)cc12. The van der Waals surface area contributed by atoms with Crippen LogP contribution in [0.15, 0.2) is 59.9 Å². The third kappa shape index (κ3) is 2.92. The average Bonchev–Trinajstić information content (AvgIpc) is 3.13. The Morgan fingerprint density at radius 2 is 1.79 bits per heavy atom. The lowest BCUT2D eigenvalue weighted by Gasteiger charge is -2.29. The summed E-state index contributed by atoms with van der Waals surface area (Å²) in [7, 11) is 0. The molecule has 0 aliphatic carbocycles. The van der Waals surface area contributed by atoms with Crippen molar-refractivity contribution in [1.29, 1.82) is 0 Å². The van der Waals surface area contributed by atoms with Crippen LogP contribution in [0.3, 0.4) is 0 Å². The van der Waals surface area contributed by atoms with E-state index < -0.39 is 11.5 Å². The fourth-order valence-corrected chi connectivity index (χ4v) is 4.17. The number of hydrogen-bond donors (Lipinski definition) is 3. The first kappa shape index (κ1) is 19.2. The maximum atomic E-state index is 13.8. The van der Waals surface area contributed by atoms with Crippen LogP contribution < -0.4 is 5.32 Å². The molecule has 2 aromatic carbocycles. The molecule has 0 radical (unpaired) electrons. The molecule has 3 N–H and O–H groups in total. The minimum absolute atomic E-state index is 0.0123. The number of hydrogen-bond acceptors (Lipinski definition) is 2.